The second-order valence-electron chi connectivity index (χ2n) is 5.48. The van der Waals surface area contributed by atoms with Gasteiger partial charge in [-0.05, 0) is 29.5 Å². The summed E-state index contributed by atoms with van der Waals surface area (Å²) in [6.45, 7) is 4.27. The van der Waals surface area contributed by atoms with E-state index in [1.54, 1.807) is 0 Å². The second-order valence-corrected chi connectivity index (χ2v) is 5.48. The second kappa shape index (κ2) is 5.40. The average molecular weight is 283 g/mol. The van der Waals surface area contributed by atoms with Crippen molar-refractivity contribution in [1.82, 2.24) is 4.90 Å². The van der Waals surface area contributed by atoms with E-state index in [0.29, 0.717) is 0 Å². The summed E-state index contributed by atoms with van der Waals surface area (Å²) in [5, 5.41) is 0. The minimum Gasteiger partial charge on any atom is -0.452 e. The molecule has 1 heterocycles. The van der Waals surface area contributed by atoms with Gasteiger partial charge >= 0.3 is 6.09 Å². The van der Waals surface area contributed by atoms with Gasteiger partial charge in [0.2, 0.25) is 0 Å². The number of ether oxygens (including phenoxy) is 1. The molecule has 3 nitrogen and oxygen atoms in total. The van der Waals surface area contributed by atoms with Crippen molar-refractivity contribution in [3.63, 3.8) is 0 Å². The van der Waals surface area contributed by atoms with Crippen LogP contribution in [0, 0.1) is 5.92 Å². The normalized spacial score (nSPS) is 23.1. The first kappa shape index (κ1) is 13.9. The number of hydrogen-bond acceptors (Lipinski definition) is 2. The molecule has 0 spiro atoms. The Hall–Kier alpha value is -2.03. The highest BCUT2D eigenvalue weighted by molar-refractivity contribution is 5.74. The van der Waals surface area contributed by atoms with Crippen LogP contribution in [0.4, 0.5) is 4.79 Å². The van der Waals surface area contributed by atoms with Gasteiger partial charge in [0.05, 0.1) is 13.2 Å². The fourth-order valence-electron chi connectivity index (χ4n) is 3.72. The lowest BCUT2D eigenvalue weighted by atomic mass is 9.82. The third-order valence-corrected chi connectivity index (χ3v) is 4.57. The smallest absolute Gasteiger partial charge is 0.414 e. The number of nitrogens with zero attached hydrogens (tertiary/aromatic N) is 1. The number of fused-ring (bicyclic) bond motifs is 3. The van der Waals surface area contributed by atoms with Crippen LogP contribution < -0.4 is 0 Å². The van der Waals surface area contributed by atoms with Crippen LogP contribution >= 0.6 is 0 Å². The molecule has 2 aliphatic rings. The molecule has 0 radical (unpaired) electrons. The molecule has 0 aromatic heterocycles. The van der Waals surface area contributed by atoms with Crippen LogP contribution in [0.25, 0.3) is 6.08 Å². The molecule has 110 valence electrons. The van der Waals surface area contributed by atoms with Crippen LogP contribution in [0.3, 0.4) is 0 Å². The molecule has 0 bridgehead atoms. The van der Waals surface area contributed by atoms with Gasteiger partial charge in [0, 0.05) is 11.6 Å². The predicted octanol–water partition coefficient (Wildman–Crippen LogP) is 4.53. The van der Waals surface area contributed by atoms with Gasteiger partial charge in [0.1, 0.15) is 0 Å². The van der Waals surface area contributed by atoms with Gasteiger partial charge in [-0.2, -0.15) is 0 Å². The zero-order valence-electron chi connectivity index (χ0n) is 12.8. The standard InChI is InChI=1S/C18H21NO2/c1-4-13-15-11-10-12-8-6-7-9-14(12)17(15)19(16(13)5-2)18(20)21-3/h6-11,15,17H,4-5H2,1-3H3/t15-,17-/m1/s1. The Morgan fingerprint density at radius 3 is 2.67 bits per heavy atom. The largest absolute Gasteiger partial charge is 0.452 e. The minimum atomic E-state index is -0.254. The van der Waals surface area contributed by atoms with E-state index in [1.807, 2.05) is 17.0 Å². The third-order valence-electron chi connectivity index (χ3n) is 4.57. The van der Waals surface area contributed by atoms with Gasteiger partial charge in [-0.3, -0.25) is 4.90 Å². The van der Waals surface area contributed by atoms with Crippen LogP contribution in [0.15, 0.2) is 41.6 Å². The fourth-order valence-corrected chi connectivity index (χ4v) is 3.72. The molecule has 1 aliphatic carbocycles. The number of rotatable bonds is 2. The number of carbonyl (C=O) groups is 1. The first-order valence-corrected chi connectivity index (χ1v) is 7.59. The van der Waals surface area contributed by atoms with Crippen LogP contribution in [0.5, 0.6) is 0 Å². The van der Waals surface area contributed by atoms with Gasteiger partial charge in [-0.25, -0.2) is 4.79 Å². The molecule has 3 rings (SSSR count). The first-order valence-electron chi connectivity index (χ1n) is 7.59. The molecular weight excluding hydrogens is 262 g/mol. The Morgan fingerprint density at radius 1 is 1.24 bits per heavy atom. The van der Waals surface area contributed by atoms with Crippen molar-refractivity contribution in [2.75, 3.05) is 7.11 Å². The van der Waals surface area contributed by atoms with Crippen molar-refractivity contribution in [3.8, 4) is 0 Å². The van der Waals surface area contributed by atoms with Gasteiger partial charge in [0.15, 0.2) is 0 Å². The molecule has 2 atom stereocenters. The Labute approximate surface area is 125 Å². The lowest BCUT2D eigenvalue weighted by Crippen LogP contribution is -2.33. The van der Waals surface area contributed by atoms with Gasteiger partial charge < -0.3 is 4.74 Å². The fraction of sp³-hybridized carbons (Fsp3) is 0.389. The molecule has 3 heteroatoms. The molecule has 0 unspecified atom stereocenters. The number of amides is 1. The number of allylic oxidation sites excluding steroid dienone is 1. The monoisotopic (exact) mass is 283 g/mol. The Morgan fingerprint density at radius 2 is 2.00 bits per heavy atom. The molecule has 0 saturated heterocycles. The van der Waals surface area contributed by atoms with Crippen LogP contribution in [0.2, 0.25) is 0 Å². The summed E-state index contributed by atoms with van der Waals surface area (Å²) in [7, 11) is 1.46. The summed E-state index contributed by atoms with van der Waals surface area (Å²) in [6.07, 6.45) is 5.98. The van der Waals surface area contributed by atoms with E-state index in [9.17, 15) is 4.79 Å². The maximum atomic E-state index is 12.4. The topological polar surface area (TPSA) is 29.5 Å². The maximum Gasteiger partial charge on any atom is 0.414 e. The summed E-state index contributed by atoms with van der Waals surface area (Å²) >= 11 is 0. The van der Waals surface area contributed by atoms with Gasteiger partial charge in [-0.15, -0.1) is 0 Å². The van der Waals surface area contributed by atoms with Crippen LogP contribution in [-0.2, 0) is 4.74 Å². The van der Waals surface area contributed by atoms with E-state index in [4.69, 9.17) is 4.74 Å². The lowest BCUT2D eigenvalue weighted by Gasteiger charge is -2.32. The van der Waals surface area contributed by atoms with Crippen molar-refractivity contribution in [2.45, 2.75) is 32.7 Å². The minimum absolute atomic E-state index is 0.0450. The van der Waals surface area contributed by atoms with E-state index < -0.39 is 0 Å². The molecular formula is C18H21NO2. The molecule has 1 aromatic carbocycles. The predicted molar refractivity (Wildman–Crippen MR) is 83.6 cm³/mol. The summed E-state index contributed by atoms with van der Waals surface area (Å²) < 4.78 is 5.05. The molecule has 1 aromatic rings. The number of carbonyl (C=O) groups excluding carboxylic acids is 1. The number of hydrogen-bond donors (Lipinski definition) is 0. The van der Waals surface area contributed by atoms with E-state index in [0.717, 1.165) is 18.5 Å². The van der Waals surface area contributed by atoms with Crippen molar-refractivity contribution < 1.29 is 9.53 Å². The third kappa shape index (κ3) is 1.99. The average Bonchev–Trinajstić information content (AvgIpc) is 2.87. The maximum absolute atomic E-state index is 12.4. The zero-order valence-corrected chi connectivity index (χ0v) is 12.8. The van der Waals surface area contributed by atoms with Crippen molar-refractivity contribution in [3.05, 3.63) is 52.7 Å². The van der Waals surface area contributed by atoms with Crippen LogP contribution in [0.1, 0.15) is 43.9 Å². The first-order chi connectivity index (χ1) is 10.2. The highest BCUT2D eigenvalue weighted by Crippen LogP contribution is 2.50. The Kier molecular flexibility index (Phi) is 3.58. The zero-order chi connectivity index (χ0) is 15.0. The molecule has 21 heavy (non-hydrogen) atoms. The molecule has 1 aliphatic heterocycles. The van der Waals surface area contributed by atoms with E-state index in [-0.39, 0.29) is 18.1 Å². The molecule has 1 amide bonds. The summed E-state index contributed by atoms with van der Waals surface area (Å²) in [6, 6.07) is 8.35. The van der Waals surface area contributed by atoms with Gasteiger partial charge in [-0.1, -0.05) is 50.3 Å². The van der Waals surface area contributed by atoms with E-state index in [1.165, 1.54) is 23.8 Å². The van der Waals surface area contributed by atoms with Crippen molar-refractivity contribution in [1.29, 1.82) is 0 Å². The number of benzene rings is 1. The van der Waals surface area contributed by atoms with Crippen molar-refractivity contribution >= 4 is 12.2 Å². The lowest BCUT2D eigenvalue weighted by molar-refractivity contribution is 0.120. The molecule has 0 saturated carbocycles. The van der Waals surface area contributed by atoms with Crippen molar-refractivity contribution in [2.24, 2.45) is 5.92 Å². The molecule has 0 N–H and O–H groups in total. The summed E-state index contributed by atoms with van der Waals surface area (Å²) in [5.74, 6) is 0.277. The summed E-state index contributed by atoms with van der Waals surface area (Å²) in [5.41, 5.74) is 4.89. The van der Waals surface area contributed by atoms with E-state index in [2.05, 4.69) is 38.1 Å². The number of methoxy groups -OCH3 is 1. The Bertz CT molecular complexity index is 630. The van der Waals surface area contributed by atoms with Crippen LogP contribution in [-0.4, -0.2) is 18.1 Å². The van der Waals surface area contributed by atoms with Gasteiger partial charge in [0.25, 0.3) is 0 Å². The van der Waals surface area contributed by atoms with E-state index >= 15 is 0 Å². The SMILES string of the molecule is CCC1=C(CC)N(C(=O)OC)[C@@H]2c3ccccc3C=C[C@H]12. The highest BCUT2D eigenvalue weighted by atomic mass is 16.5. The summed E-state index contributed by atoms with van der Waals surface area (Å²) in [4.78, 5) is 14.2. The Balaban J connectivity index is 2.16. The highest BCUT2D eigenvalue weighted by Gasteiger charge is 2.44. The quantitative estimate of drug-likeness (QED) is 0.798. The molecule has 0 fully saturated rings.